The van der Waals surface area contributed by atoms with Crippen molar-refractivity contribution in [3.63, 3.8) is 0 Å². The van der Waals surface area contributed by atoms with Crippen molar-refractivity contribution in [3.05, 3.63) is 52.8 Å². The third-order valence-corrected chi connectivity index (χ3v) is 5.81. The van der Waals surface area contributed by atoms with Gasteiger partial charge in [0.25, 0.3) is 0 Å². The van der Waals surface area contributed by atoms with E-state index >= 15 is 0 Å². The standard InChI is InChI=1S/C19H24N4O2S/c1-13-16(14(2)22(3)21-13)9-18(24)23-12-26-11-17(23)19(25)20-10-15-7-5-4-6-8-15/h4-8,17H,9-12H2,1-3H3,(H,20,25)/t17-/m1/s1. The Bertz CT molecular complexity index is 803. The summed E-state index contributed by atoms with van der Waals surface area (Å²) in [5.41, 5.74) is 3.87. The van der Waals surface area contributed by atoms with Crippen molar-refractivity contribution in [2.75, 3.05) is 11.6 Å². The fraction of sp³-hybridized carbons (Fsp3) is 0.421. The highest BCUT2D eigenvalue weighted by atomic mass is 32.2. The van der Waals surface area contributed by atoms with E-state index in [0.29, 0.717) is 18.2 Å². The minimum Gasteiger partial charge on any atom is -0.350 e. The number of carbonyl (C=O) groups is 2. The highest BCUT2D eigenvalue weighted by Gasteiger charge is 2.34. The molecule has 2 amide bonds. The van der Waals surface area contributed by atoms with E-state index in [1.54, 1.807) is 21.3 Å². The molecular weight excluding hydrogens is 348 g/mol. The molecule has 0 radical (unpaired) electrons. The monoisotopic (exact) mass is 372 g/mol. The summed E-state index contributed by atoms with van der Waals surface area (Å²) in [6, 6.07) is 9.37. The van der Waals surface area contributed by atoms with Gasteiger partial charge in [0, 0.05) is 30.6 Å². The van der Waals surface area contributed by atoms with Gasteiger partial charge in [-0.1, -0.05) is 30.3 Å². The van der Waals surface area contributed by atoms with E-state index in [1.807, 2.05) is 51.2 Å². The van der Waals surface area contributed by atoms with Crippen LogP contribution in [0.2, 0.25) is 0 Å². The summed E-state index contributed by atoms with van der Waals surface area (Å²) < 4.78 is 1.79. The van der Waals surface area contributed by atoms with Crippen LogP contribution in [-0.2, 0) is 29.6 Å². The van der Waals surface area contributed by atoms with E-state index in [9.17, 15) is 9.59 Å². The molecule has 1 fully saturated rings. The summed E-state index contributed by atoms with van der Waals surface area (Å²) >= 11 is 1.62. The predicted octanol–water partition coefficient (Wildman–Crippen LogP) is 1.80. The molecule has 7 heteroatoms. The van der Waals surface area contributed by atoms with Crippen LogP contribution in [0.4, 0.5) is 0 Å². The largest absolute Gasteiger partial charge is 0.350 e. The summed E-state index contributed by atoms with van der Waals surface area (Å²) in [6.07, 6.45) is 0.286. The Balaban J connectivity index is 1.63. The SMILES string of the molecule is Cc1nn(C)c(C)c1CC(=O)N1CSC[C@@H]1C(=O)NCc1ccccc1. The molecule has 0 aliphatic carbocycles. The molecule has 0 spiro atoms. The zero-order chi connectivity index (χ0) is 18.7. The minimum absolute atomic E-state index is 0.0194. The maximum absolute atomic E-state index is 12.8. The normalized spacial score (nSPS) is 16.7. The lowest BCUT2D eigenvalue weighted by Gasteiger charge is -2.23. The van der Waals surface area contributed by atoms with Crippen molar-refractivity contribution in [3.8, 4) is 0 Å². The third kappa shape index (κ3) is 3.93. The Hall–Kier alpha value is -2.28. The number of amides is 2. The lowest BCUT2D eigenvalue weighted by Crippen LogP contribution is -2.47. The number of hydrogen-bond donors (Lipinski definition) is 1. The van der Waals surface area contributed by atoms with Crippen LogP contribution < -0.4 is 5.32 Å². The highest BCUT2D eigenvalue weighted by molar-refractivity contribution is 7.99. The number of carbonyl (C=O) groups excluding carboxylic acids is 2. The molecule has 138 valence electrons. The quantitative estimate of drug-likeness (QED) is 0.869. The summed E-state index contributed by atoms with van der Waals surface area (Å²) in [4.78, 5) is 27.1. The van der Waals surface area contributed by atoms with Gasteiger partial charge >= 0.3 is 0 Å². The molecule has 26 heavy (non-hydrogen) atoms. The second kappa shape index (κ2) is 7.95. The summed E-state index contributed by atoms with van der Waals surface area (Å²) in [5, 5.41) is 7.32. The first-order valence-electron chi connectivity index (χ1n) is 8.65. The number of benzene rings is 1. The van der Waals surface area contributed by atoms with E-state index < -0.39 is 6.04 Å². The van der Waals surface area contributed by atoms with Crippen LogP contribution in [0.3, 0.4) is 0 Å². The lowest BCUT2D eigenvalue weighted by molar-refractivity contribution is -0.137. The second-order valence-electron chi connectivity index (χ2n) is 6.53. The van der Waals surface area contributed by atoms with Gasteiger partial charge in [-0.05, 0) is 19.4 Å². The topological polar surface area (TPSA) is 67.2 Å². The number of nitrogens with zero attached hydrogens (tertiary/aromatic N) is 3. The molecule has 1 aliphatic rings. The molecule has 1 N–H and O–H groups in total. The number of aryl methyl sites for hydroxylation is 2. The molecule has 1 aromatic carbocycles. The van der Waals surface area contributed by atoms with Crippen LogP contribution in [0.5, 0.6) is 0 Å². The maximum Gasteiger partial charge on any atom is 0.243 e. The van der Waals surface area contributed by atoms with Gasteiger partial charge in [0.1, 0.15) is 6.04 Å². The molecule has 0 bridgehead atoms. The van der Waals surface area contributed by atoms with Crippen molar-refractivity contribution in [1.82, 2.24) is 20.0 Å². The van der Waals surface area contributed by atoms with Crippen LogP contribution in [0.1, 0.15) is 22.5 Å². The van der Waals surface area contributed by atoms with Crippen LogP contribution in [0, 0.1) is 13.8 Å². The van der Waals surface area contributed by atoms with E-state index in [1.165, 1.54) is 0 Å². The van der Waals surface area contributed by atoms with Gasteiger partial charge in [0.05, 0.1) is 18.0 Å². The lowest BCUT2D eigenvalue weighted by atomic mass is 10.1. The van der Waals surface area contributed by atoms with Crippen molar-refractivity contribution < 1.29 is 9.59 Å². The number of thioether (sulfide) groups is 1. The Morgan fingerprint density at radius 1 is 1.27 bits per heavy atom. The average Bonchev–Trinajstić information content (AvgIpc) is 3.21. The molecule has 0 saturated carbocycles. The fourth-order valence-electron chi connectivity index (χ4n) is 3.13. The zero-order valence-corrected chi connectivity index (χ0v) is 16.2. The maximum atomic E-state index is 12.8. The number of hydrogen-bond acceptors (Lipinski definition) is 4. The summed E-state index contributed by atoms with van der Waals surface area (Å²) in [7, 11) is 1.88. The number of rotatable bonds is 5. The Labute approximate surface area is 157 Å². The number of nitrogens with one attached hydrogen (secondary N) is 1. The smallest absolute Gasteiger partial charge is 0.243 e. The van der Waals surface area contributed by atoms with E-state index in [0.717, 1.165) is 22.5 Å². The van der Waals surface area contributed by atoms with Gasteiger partial charge in [0.15, 0.2) is 0 Å². The molecule has 1 saturated heterocycles. The molecule has 2 heterocycles. The Kier molecular flexibility index (Phi) is 5.66. The van der Waals surface area contributed by atoms with Crippen molar-refractivity contribution in [1.29, 1.82) is 0 Å². The second-order valence-corrected chi connectivity index (χ2v) is 7.53. The molecule has 2 aromatic rings. The predicted molar refractivity (Wildman–Crippen MR) is 103 cm³/mol. The van der Waals surface area contributed by atoms with Gasteiger partial charge in [-0.25, -0.2) is 0 Å². The van der Waals surface area contributed by atoms with Crippen molar-refractivity contribution >= 4 is 23.6 Å². The minimum atomic E-state index is -0.409. The molecule has 1 aromatic heterocycles. The fourth-order valence-corrected chi connectivity index (χ4v) is 4.32. The van der Waals surface area contributed by atoms with Gasteiger partial charge in [-0.3, -0.25) is 14.3 Å². The third-order valence-electron chi connectivity index (χ3n) is 4.80. The van der Waals surface area contributed by atoms with Gasteiger partial charge in [-0.15, -0.1) is 11.8 Å². The van der Waals surface area contributed by atoms with E-state index in [2.05, 4.69) is 10.4 Å². The molecule has 1 atom stereocenters. The van der Waals surface area contributed by atoms with Crippen molar-refractivity contribution in [2.45, 2.75) is 32.9 Å². The highest BCUT2D eigenvalue weighted by Crippen LogP contribution is 2.23. The van der Waals surface area contributed by atoms with Gasteiger partial charge in [-0.2, -0.15) is 5.10 Å². The summed E-state index contributed by atoms with van der Waals surface area (Å²) in [6.45, 7) is 4.35. The average molecular weight is 372 g/mol. The molecule has 0 unspecified atom stereocenters. The Morgan fingerprint density at radius 2 is 2.00 bits per heavy atom. The first-order valence-corrected chi connectivity index (χ1v) is 9.80. The molecule has 1 aliphatic heterocycles. The van der Waals surface area contributed by atoms with Crippen LogP contribution in [0.15, 0.2) is 30.3 Å². The first kappa shape index (κ1) is 18.5. The van der Waals surface area contributed by atoms with E-state index in [-0.39, 0.29) is 18.2 Å². The number of aromatic nitrogens is 2. The summed E-state index contributed by atoms with van der Waals surface area (Å²) in [5.74, 6) is 1.08. The first-order chi connectivity index (χ1) is 12.5. The molecule has 6 nitrogen and oxygen atoms in total. The Morgan fingerprint density at radius 3 is 2.65 bits per heavy atom. The van der Waals surface area contributed by atoms with Crippen LogP contribution >= 0.6 is 11.8 Å². The van der Waals surface area contributed by atoms with Gasteiger partial charge in [0.2, 0.25) is 11.8 Å². The molecule has 3 rings (SSSR count). The zero-order valence-electron chi connectivity index (χ0n) is 15.4. The van der Waals surface area contributed by atoms with E-state index in [4.69, 9.17) is 0 Å². The van der Waals surface area contributed by atoms with Crippen LogP contribution in [-0.4, -0.2) is 44.2 Å². The van der Waals surface area contributed by atoms with Crippen molar-refractivity contribution in [2.24, 2.45) is 7.05 Å². The van der Waals surface area contributed by atoms with Gasteiger partial charge < -0.3 is 10.2 Å². The van der Waals surface area contributed by atoms with Crippen LogP contribution in [0.25, 0.3) is 0 Å². The molecular formula is C19H24N4O2S.